The number of nitrogens with one attached hydrogen (secondary N) is 2. The minimum atomic E-state index is -0.220. The fraction of sp³-hybridized carbons (Fsp3) is 0.348. The van der Waals surface area contributed by atoms with Crippen LogP contribution < -0.4 is 10.6 Å². The summed E-state index contributed by atoms with van der Waals surface area (Å²) < 4.78 is 1.80. The van der Waals surface area contributed by atoms with Crippen molar-refractivity contribution in [2.75, 3.05) is 31.5 Å². The maximum atomic E-state index is 12.9. The second-order valence-corrected chi connectivity index (χ2v) is 7.00. The number of benzene rings is 1. The van der Waals surface area contributed by atoms with Crippen molar-refractivity contribution >= 4 is 35.6 Å². The third-order valence-corrected chi connectivity index (χ3v) is 5.17. The van der Waals surface area contributed by atoms with Gasteiger partial charge in [-0.2, -0.15) is 0 Å². The summed E-state index contributed by atoms with van der Waals surface area (Å²) >= 11 is 0. The van der Waals surface area contributed by atoms with E-state index < -0.39 is 0 Å². The smallest absolute Gasteiger partial charge is 0.274 e. The average Bonchev–Trinajstić information content (AvgIpc) is 3.16. The normalized spacial score (nSPS) is 10.7. The third-order valence-electron chi connectivity index (χ3n) is 5.17. The number of aryl methyl sites for hydroxylation is 1. The Bertz CT molecular complexity index is 1010. The Labute approximate surface area is 189 Å². The fourth-order valence-electron chi connectivity index (χ4n) is 3.40. The van der Waals surface area contributed by atoms with Crippen LogP contribution in [0.3, 0.4) is 0 Å². The molecule has 166 valence electrons. The van der Waals surface area contributed by atoms with E-state index in [0.29, 0.717) is 29.9 Å². The van der Waals surface area contributed by atoms with Gasteiger partial charge in [0.25, 0.3) is 11.8 Å². The molecular weight excluding hydrogens is 414 g/mol. The molecule has 0 aliphatic heterocycles. The fourth-order valence-corrected chi connectivity index (χ4v) is 3.40. The lowest BCUT2D eigenvalue weighted by atomic mass is 10.2. The number of aromatic nitrogens is 2. The van der Waals surface area contributed by atoms with E-state index in [-0.39, 0.29) is 24.2 Å². The number of amides is 2. The Hall–Kier alpha value is -2.90. The molecule has 0 unspecified atom stereocenters. The minimum Gasteiger partial charge on any atom is -0.351 e. The van der Waals surface area contributed by atoms with Crippen molar-refractivity contribution in [2.45, 2.75) is 27.2 Å². The first-order valence-corrected chi connectivity index (χ1v) is 10.4. The van der Waals surface area contributed by atoms with E-state index in [1.54, 1.807) is 28.7 Å². The zero-order valence-corrected chi connectivity index (χ0v) is 19.0. The van der Waals surface area contributed by atoms with Crippen LogP contribution in [0.1, 0.15) is 47.3 Å². The average molecular weight is 444 g/mol. The van der Waals surface area contributed by atoms with Crippen LogP contribution in [-0.2, 0) is 6.42 Å². The molecule has 0 aliphatic rings. The van der Waals surface area contributed by atoms with E-state index >= 15 is 0 Å². The third kappa shape index (κ3) is 5.83. The number of nitrogens with zero attached hydrogens (tertiary/aromatic N) is 3. The van der Waals surface area contributed by atoms with Crippen molar-refractivity contribution in [3.63, 3.8) is 0 Å². The van der Waals surface area contributed by atoms with Crippen LogP contribution in [0, 0.1) is 0 Å². The van der Waals surface area contributed by atoms with Gasteiger partial charge in [-0.25, -0.2) is 4.98 Å². The monoisotopic (exact) mass is 443 g/mol. The second kappa shape index (κ2) is 11.5. The minimum absolute atomic E-state index is 0. The van der Waals surface area contributed by atoms with Crippen LogP contribution in [0.4, 0.5) is 5.69 Å². The van der Waals surface area contributed by atoms with Gasteiger partial charge in [0, 0.05) is 30.5 Å². The molecule has 0 saturated carbocycles. The lowest BCUT2D eigenvalue weighted by Gasteiger charge is -2.18. The number of carbonyl (C=O) groups excluding carboxylic acids is 2. The van der Waals surface area contributed by atoms with Crippen molar-refractivity contribution in [3.05, 3.63) is 65.6 Å². The molecule has 0 radical (unpaired) electrons. The number of fused-ring (bicyclic) bond motifs is 1. The maximum absolute atomic E-state index is 12.9. The van der Waals surface area contributed by atoms with Crippen LogP contribution in [-0.4, -0.2) is 52.3 Å². The Morgan fingerprint density at radius 3 is 2.35 bits per heavy atom. The molecule has 2 heterocycles. The molecule has 1 aromatic carbocycles. The predicted molar refractivity (Wildman–Crippen MR) is 126 cm³/mol. The number of rotatable bonds is 9. The van der Waals surface area contributed by atoms with E-state index in [2.05, 4.69) is 34.4 Å². The van der Waals surface area contributed by atoms with Gasteiger partial charge in [0.05, 0.1) is 5.69 Å². The SMILES string of the molecule is CCc1nc2ccccn2c1C(=O)Nc1ccc(C(=O)NCCN(CC)CC)cc1.Cl. The highest BCUT2D eigenvalue weighted by Crippen LogP contribution is 2.16. The molecular formula is C23H30ClN5O2. The quantitative estimate of drug-likeness (QED) is 0.529. The topological polar surface area (TPSA) is 78.7 Å². The summed E-state index contributed by atoms with van der Waals surface area (Å²) in [6.07, 6.45) is 2.50. The molecule has 3 rings (SSSR count). The number of imidazole rings is 1. The van der Waals surface area contributed by atoms with E-state index in [9.17, 15) is 9.59 Å². The summed E-state index contributed by atoms with van der Waals surface area (Å²) in [6.45, 7) is 9.55. The molecule has 0 bridgehead atoms. The van der Waals surface area contributed by atoms with E-state index in [0.717, 1.165) is 31.0 Å². The molecule has 0 fully saturated rings. The van der Waals surface area contributed by atoms with Crippen molar-refractivity contribution in [2.24, 2.45) is 0 Å². The van der Waals surface area contributed by atoms with Crippen LogP contribution in [0.2, 0.25) is 0 Å². The summed E-state index contributed by atoms with van der Waals surface area (Å²) in [7, 11) is 0. The largest absolute Gasteiger partial charge is 0.351 e. The summed E-state index contributed by atoms with van der Waals surface area (Å²) in [5.74, 6) is -0.336. The lowest BCUT2D eigenvalue weighted by Crippen LogP contribution is -2.34. The first-order valence-electron chi connectivity index (χ1n) is 10.4. The van der Waals surface area contributed by atoms with E-state index in [4.69, 9.17) is 0 Å². The van der Waals surface area contributed by atoms with Crippen LogP contribution in [0.5, 0.6) is 0 Å². The van der Waals surface area contributed by atoms with Crippen molar-refractivity contribution < 1.29 is 9.59 Å². The highest BCUT2D eigenvalue weighted by atomic mass is 35.5. The zero-order valence-electron chi connectivity index (χ0n) is 18.2. The molecule has 2 N–H and O–H groups in total. The summed E-state index contributed by atoms with van der Waals surface area (Å²) in [5.41, 5.74) is 3.23. The van der Waals surface area contributed by atoms with E-state index in [1.807, 2.05) is 31.3 Å². The summed E-state index contributed by atoms with van der Waals surface area (Å²) in [5, 5.41) is 5.85. The first-order chi connectivity index (χ1) is 14.6. The Morgan fingerprint density at radius 2 is 1.71 bits per heavy atom. The molecule has 31 heavy (non-hydrogen) atoms. The molecule has 7 nitrogen and oxygen atoms in total. The highest BCUT2D eigenvalue weighted by Gasteiger charge is 2.18. The van der Waals surface area contributed by atoms with Gasteiger partial charge in [0.15, 0.2) is 0 Å². The Kier molecular flexibility index (Phi) is 9.03. The molecule has 3 aromatic rings. The molecule has 2 aromatic heterocycles. The molecule has 0 atom stereocenters. The van der Waals surface area contributed by atoms with Gasteiger partial charge in [-0.15, -0.1) is 12.4 Å². The van der Waals surface area contributed by atoms with Crippen LogP contribution >= 0.6 is 12.4 Å². The summed E-state index contributed by atoms with van der Waals surface area (Å²) in [6, 6.07) is 12.6. The highest BCUT2D eigenvalue weighted by molar-refractivity contribution is 6.04. The number of hydrogen-bond donors (Lipinski definition) is 2. The number of likely N-dealkylation sites (N-methyl/N-ethyl adjacent to an activating group) is 1. The van der Waals surface area contributed by atoms with Gasteiger partial charge in [0.1, 0.15) is 11.3 Å². The lowest BCUT2D eigenvalue weighted by molar-refractivity contribution is 0.0948. The Morgan fingerprint density at radius 1 is 1.00 bits per heavy atom. The Balaban J connectivity index is 0.00000341. The standard InChI is InChI=1S/C23H29N5O2.ClH/c1-4-19-21(28-15-8-7-9-20(28)26-19)23(30)25-18-12-10-17(11-13-18)22(29)24-14-16-27(5-2)6-3;/h7-13,15H,4-6,14,16H2,1-3H3,(H,24,29)(H,25,30);1H. The first kappa shape index (κ1) is 24.4. The van der Waals surface area contributed by atoms with E-state index in [1.165, 1.54) is 0 Å². The van der Waals surface area contributed by atoms with Crippen molar-refractivity contribution in [1.82, 2.24) is 19.6 Å². The van der Waals surface area contributed by atoms with Crippen molar-refractivity contribution in [1.29, 1.82) is 0 Å². The molecule has 0 saturated heterocycles. The number of pyridine rings is 1. The molecule has 0 aliphatic carbocycles. The van der Waals surface area contributed by atoms with Gasteiger partial charge < -0.3 is 15.5 Å². The summed E-state index contributed by atoms with van der Waals surface area (Å²) in [4.78, 5) is 32.0. The van der Waals surface area contributed by atoms with Gasteiger partial charge in [-0.1, -0.05) is 26.8 Å². The van der Waals surface area contributed by atoms with Crippen LogP contribution in [0.25, 0.3) is 5.65 Å². The van der Waals surface area contributed by atoms with Gasteiger partial charge >= 0.3 is 0 Å². The molecule has 2 amide bonds. The number of carbonyl (C=O) groups is 2. The number of halogens is 1. The molecule has 8 heteroatoms. The van der Waals surface area contributed by atoms with Gasteiger partial charge in [-0.3, -0.25) is 14.0 Å². The second-order valence-electron chi connectivity index (χ2n) is 7.00. The maximum Gasteiger partial charge on any atom is 0.274 e. The van der Waals surface area contributed by atoms with Gasteiger partial charge in [0.2, 0.25) is 0 Å². The number of anilines is 1. The predicted octanol–water partition coefficient (Wildman–Crippen LogP) is 3.64. The van der Waals surface area contributed by atoms with Crippen molar-refractivity contribution in [3.8, 4) is 0 Å². The molecule has 0 spiro atoms. The number of hydrogen-bond acceptors (Lipinski definition) is 4. The zero-order chi connectivity index (χ0) is 21.5. The van der Waals surface area contributed by atoms with Crippen LogP contribution in [0.15, 0.2) is 48.7 Å². The van der Waals surface area contributed by atoms with Gasteiger partial charge in [-0.05, 0) is 55.9 Å².